The minimum atomic E-state index is 0. The summed E-state index contributed by atoms with van der Waals surface area (Å²) >= 11 is 0. The van der Waals surface area contributed by atoms with Gasteiger partial charge in [0.1, 0.15) is 0 Å². The summed E-state index contributed by atoms with van der Waals surface area (Å²) in [6.07, 6.45) is 3.29. The normalized spacial score (nSPS) is 15.5. The Kier molecular flexibility index (Phi) is 21.1. The van der Waals surface area contributed by atoms with Gasteiger partial charge in [0.15, 0.2) is 0 Å². The average Bonchev–Trinajstić information content (AvgIpc) is 4.05. The van der Waals surface area contributed by atoms with Crippen molar-refractivity contribution in [1.29, 1.82) is 0 Å². The Morgan fingerprint density at radius 1 is 0.404 bits per heavy atom. The minimum Gasteiger partial charge on any atom is -0.373 e. The molecule has 0 aliphatic carbocycles. The zero-order chi connectivity index (χ0) is 36.8. The summed E-state index contributed by atoms with van der Waals surface area (Å²) < 4.78 is 9.96. The van der Waals surface area contributed by atoms with E-state index in [9.17, 15) is 0 Å². The van der Waals surface area contributed by atoms with Crippen LogP contribution in [0.2, 0.25) is 0 Å². The van der Waals surface area contributed by atoms with E-state index in [4.69, 9.17) is 9.47 Å². The van der Waals surface area contributed by atoms with E-state index in [1.807, 2.05) is 0 Å². The van der Waals surface area contributed by atoms with Crippen molar-refractivity contribution < 1.29 is 9.47 Å². The molecule has 0 N–H and O–H groups in total. The third-order valence-corrected chi connectivity index (χ3v) is 9.55. The van der Waals surface area contributed by atoms with Gasteiger partial charge in [-0.15, -0.1) is 0 Å². The molecule has 2 atom stereocenters. The number of ether oxygens (including phenoxy) is 2. The van der Waals surface area contributed by atoms with Crippen molar-refractivity contribution in [2.45, 2.75) is 158 Å². The highest BCUT2D eigenvalue weighted by atomic mass is 16.6. The van der Waals surface area contributed by atoms with Gasteiger partial charge in [-0.2, -0.15) is 0 Å². The van der Waals surface area contributed by atoms with Gasteiger partial charge in [-0.05, 0) is 86.4 Å². The average molecular weight is 709 g/mol. The molecule has 288 valence electrons. The molecule has 0 radical (unpaired) electrons. The molecule has 2 unspecified atom stereocenters. The number of benzene rings is 4. The van der Waals surface area contributed by atoms with Crippen LogP contribution in [-0.4, -0.2) is 25.4 Å². The molecule has 0 saturated carbocycles. The summed E-state index contributed by atoms with van der Waals surface area (Å²) in [5.41, 5.74) is 11.4. The third-order valence-electron chi connectivity index (χ3n) is 9.55. The van der Waals surface area contributed by atoms with Gasteiger partial charge in [-0.3, -0.25) is 0 Å². The van der Waals surface area contributed by atoms with Crippen molar-refractivity contribution in [3.05, 3.63) is 142 Å². The molecule has 2 aliphatic rings. The van der Waals surface area contributed by atoms with Crippen LogP contribution in [0.3, 0.4) is 0 Å². The Morgan fingerprint density at radius 2 is 0.654 bits per heavy atom. The lowest BCUT2D eigenvalue weighted by Crippen LogP contribution is -1.92. The molecular weight excluding hydrogens is 633 g/mol. The highest BCUT2D eigenvalue weighted by molar-refractivity contribution is 5.32. The highest BCUT2D eigenvalue weighted by Gasteiger charge is 2.32. The Morgan fingerprint density at radius 3 is 0.885 bits per heavy atom. The van der Waals surface area contributed by atoms with Crippen molar-refractivity contribution in [3.63, 3.8) is 0 Å². The lowest BCUT2D eigenvalue weighted by Gasteiger charge is -2.09. The Bertz CT molecular complexity index is 1370. The second-order valence-corrected chi connectivity index (χ2v) is 16.1. The van der Waals surface area contributed by atoms with Crippen LogP contribution in [0.4, 0.5) is 0 Å². The molecule has 4 aromatic rings. The molecule has 52 heavy (non-hydrogen) atoms. The topological polar surface area (TPSA) is 25.1 Å². The van der Waals surface area contributed by atoms with E-state index in [2.05, 4.69) is 180 Å². The smallest absolute Gasteiger partial charge is 0.0835 e. The summed E-state index contributed by atoms with van der Waals surface area (Å²) in [6, 6.07) is 35.9. The van der Waals surface area contributed by atoms with Crippen LogP contribution in [0.25, 0.3) is 0 Å². The molecule has 2 nitrogen and oxygen atoms in total. The van der Waals surface area contributed by atoms with Gasteiger partial charge in [-0.1, -0.05) is 195 Å². The largest absolute Gasteiger partial charge is 0.373 e. The van der Waals surface area contributed by atoms with Gasteiger partial charge >= 0.3 is 0 Å². The first-order valence-corrected chi connectivity index (χ1v) is 19.3. The number of hydrogen-bond donors (Lipinski definition) is 0. The predicted molar refractivity (Wildman–Crippen MR) is 231 cm³/mol. The van der Waals surface area contributed by atoms with Crippen LogP contribution < -0.4 is 0 Å². The monoisotopic (exact) mass is 709 g/mol. The fourth-order valence-corrected chi connectivity index (χ4v) is 5.52. The molecule has 0 spiro atoms. The van der Waals surface area contributed by atoms with Crippen LogP contribution in [0, 0.1) is 0 Å². The van der Waals surface area contributed by atoms with Crippen LogP contribution in [-0.2, 0) is 15.9 Å². The van der Waals surface area contributed by atoms with E-state index in [-0.39, 0.29) is 14.9 Å². The van der Waals surface area contributed by atoms with Gasteiger partial charge in [0.05, 0.1) is 25.4 Å². The Labute approximate surface area is 321 Å². The molecular formula is C50H76O2. The first-order chi connectivity index (χ1) is 23.7. The molecule has 2 fully saturated rings. The van der Waals surface area contributed by atoms with Crippen molar-refractivity contribution in [2.24, 2.45) is 0 Å². The van der Waals surface area contributed by atoms with Gasteiger partial charge in [0, 0.05) is 6.42 Å². The standard InChI is InChI=1S/C19H24.2C12H18.C5H8O2.2CH4/c1-14(2)18-9-5-16(6-10-18)13-17-7-11-19(12-8-17)15(3)4;1-9(2)11-5-7-12(8-6-11)10(3)4;1-9(2)11-6-5-7-12(8-11)10(3)4;1(4-2-6-4)5-3-7-5;;/h5-12,14-15H,13H2,1-4H3;2*5-10H,1-4H3;4-5H,1-3H2;2*1H4. The fraction of sp³-hybridized carbons (Fsp3) is 0.520. The number of hydrogen-bond acceptors (Lipinski definition) is 2. The second kappa shape index (κ2) is 23.5. The zero-order valence-electron chi connectivity index (χ0n) is 33.5. The molecule has 2 aliphatic heterocycles. The molecule has 0 aromatic heterocycles. The number of rotatable bonds is 10. The van der Waals surface area contributed by atoms with Crippen molar-refractivity contribution >= 4 is 0 Å². The summed E-state index contributed by atoms with van der Waals surface area (Å²) in [5.74, 6) is 3.79. The van der Waals surface area contributed by atoms with E-state index in [1.165, 1.54) is 44.5 Å². The van der Waals surface area contributed by atoms with Crippen LogP contribution in [0.5, 0.6) is 0 Å². The van der Waals surface area contributed by atoms with E-state index >= 15 is 0 Å². The maximum Gasteiger partial charge on any atom is 0.0835 e. The van der Waals surface area contributed by atoms with Gasteiger partial charge in [0.25, 0.3) is 0 Å². The first-order valence-electron chi connectivity index (χ1n) is 19.3. The van der Waals surface area contributed by atoms with Crippen LogP contribution in [0.15, 0.2) is 97.1 Å². The maximum absolute atomic E-state index is 4.98. The predicted octanol–water partition coefficient (Wildman–Crippen LogP) is 14.8. The Balaban J connectivity index is 0.000000360. The van der Waals surface area contributed by atoms with Crippen molar-refractivity contribution in [1.82, 2.24) is 0 Å². The fourth-order valence-electron chi connectivity index (χ4n) is 5.52. The molecule has 0 amide bonds. The molecule has 4 aromatic carbocycles. The quantitative estimate of drug-likeness (QED) is 0.153. The third kappa shape index (κ3) is 17.5. The summed E-state index contributed by atoms with van der Waals surface area (Å²) in [4.78, 5) is 0. The summed E-state index contributed by atoms with van der Waals surface area (Å²) in [6.45, 7) is 28.7. The van der Waals surface area contributed by atoms with Crippen LogP contribution in [0.1, 0.15) is 184 Å². The second-order valence-electron chi connectivity index (χ2n) is 16.1. The molecule has 2 heteroatoms. The zero-order valence-corrected chi connectivity index (χ0v) is 33.5. The van der Waals surface area contributed by atoms with E-state index in [0.29, 0.717) is 47.7 Å². The Hall–Kier alpha value is -3.20. The molecule has 0 bridgehead atoms. The summed E-state index contributed by atoms with van der Waals surface area (Å²) in [7, 11) is 0. The minimum absolute atomic E-state index is 0. The van der Waals surface area contributed by atoms with E-state index < -0.39 is 0 Å². The van der Waals surface area contributed by atoms with Crippen molar-refractivity contribution in [2.75, 3.05) is 13.2 Å². The lowest BCUT2D eigenvalue weighted by atomic mass is 9.96. The highest BCUT2D eigenvalue weighted by Crippen LogP contribution is 2.24. The van der Waals surface area contributed by atoms with E-state index in [1.54, 1.807) is 0 Å². The maximum atomic E-state index is 4.98. The van der Waals surface area contributed by atoms with Gasteiger partial charge in [-0.25, -0.2) is 0 Å². The SMILES string of the molecule is C.C.C1OC1CC1CO1.CC(C)c1ccc(C(C)C)cc1.CC(C)c1ccc(Cc2ccc(C(C)C)cc2)cc1.CC(C)c1cccc(C(C)C)c1. The van der Waals surface area contributed by atoms with Crippen LogP contribution >= 0.6 is 0 Å². The number of epoxide rings is 2. The van der Waals surface area contributed by atoms with E-state index in [0.717, 1.165) is 26.1 Å². The molecule has 2 saturated heterocycles. The van der Waals surface area contributed by atoms with Gasteiger partial charge in [0.2, 0.25) is 0 Å². The van der Waals surface area contributed by atoms with Crippen molar-refractivity contribution in [3.8, 4) is 0 Å². The molecule has 6 rings (SSSR count). The summed E-state index contributed by atoms with van der Waals surface area (Å²) in [5, 5.41) is 0. The lowest BCUT2D eigenvalue weighted by molar-refractivity contribution is 0.344. The van der Waals surface area contributed by atoms with Gasteiger partial charge < -0.3 is 9.47 Å². The molecule has 2 heterocycles. The first kappa shape index (κ1) is 46.8.